The van der Waals surface area contributed by atoms with E-state index in [-0.39, 0.29) is 11.9 Å². The molecule has 1 aromatic carbocycles. The molecule has 21 heavy (non-hydrogen) atoms. The van der Waals surface area contributed by atoms with Gasteiger partial charge in [-0.2, -0.15) is 0 Å². The highest BCUT2D eigenvalue weighted by atomic mass is 16.1. The fourth-order valence-electron chi connectivity index (χ4n) is 2.33. The fraction of sp³-hybridized carbons (Fsp3) is 0.294. The van der Waals surface area contributed by atoms with Crippen LogP contribution in [0, 0.1) is 6.92 Å². The summed E-state index contributed by atoms with van der Waals surface area (Å²) >= 11 is 0. The van der Waals surface area contributed by atoms with E-state index in [2.05, 4.69) is 10.3 Å². The number of hydrogen-bond donors (Lipinski definition) is 1. The van der Waals surface area contributed by atoms with E-state index in [0.717, 1.165) is 11.1 Å². The number of amides is 1. The van der Waals surface area contributed by atoms with E-state index >= 15 is 0 Å². The minimum atomic E-state index is -0.0663. The highest BCUT2D eigenvalue weighted by Crippen LogP contribution is 2.17. The molecular weight excluding hydrogens is 262 g/mol. The number of nitrogens with zero attached hydrogens (tertiary/aromatic N) is 2. The summed E-state index contributed by atoms with van der Waals surface area (Å²) in [5, 5.41) is 2.97. The molecule has 0 fully saturated rings. The molecule has 0 aliphatic heterocycles. The minimum Gasteiger partial charge on any atom is -0.348 e. The highest BCUT2D eigenvalue weighted by Gasteiger charge is 2.07. The number of benzene rings is 1. The van der Waals surface area contributed by atoms with Crippen molar-refractivity contribution in [3.8, 4) is 0 Å². The van der Waals surface area contributed by atoms with E-state index in [0.29, 0.717) is 6.54 Å². The van der Waals surface area contributed by atoms with E-state index in [1.165, 1.54) is 5.56 Å². The average molecular weight is 283 g/mol. The molecule has 4 nitrogen and oxygen atoms in total. The molecule has 1 amide bonds. The maximum Gasteiger partial charge on any atom is 0.244 e. The molecule has 0 saturated heterocycles. The quantitative estimate of drug-likeness (QED) is 0.858. The van der Waals surface area contributed by atoms with Gasteiger partial charge in [-0.3, -0.25) is 4.79 Å². The zero-order valence-corrected chi connectivity index (χ0v) is 12.7. The van der Waals surface area contributed by atoms with Gasteiger partial charge in [0.25, 0.3) is 0 Å². The number of rotatable bonds is 5. The Hall–Kier alpha value is -2.36. The van der Waals surface area contributed by atoms with Crippen molar-refractivity contribution in [2.75, 3.05) is 0 Å². The summed E-state index contributed by atoms with van der Waals surface area (Å²) in [5.74, 6) is -0.0663. The molecule has 0 unspecified atom stereocenters. The third-order valence-corrected chi connectivity index (χ3v) is 3.35. The van der Waals surface area contributed by atoms with Crippen LogP contribution in [0.5, 0.6) is 0 Å². The molecule has 0 bridgehead atoms. The van der Waals surface area contributed by atoms with Crippen LogP contribution >= 0.6 is 0 Å². The first-order chi connectivity index (χ1) is 10.1. The Bertz CT molecular complexity index is 629. The summed E-state index contributed by atoms with van der Waals surface area (Å²) < 4.78 is 1.95. The number of aryl methyl sites for hydroxylation is 1. The van der Waals surface area contributed by atoms with Crippen LogP contribution in [0.2, 0.25) is 0 Å². The Kier molecular flexibility index (Phi) is 4.93. The van der Waals surface area contributed by atoms with E-state index < -0.39 is 0 Å². The second kappa shape index (κ2) is 6.88. The van der Waals surface area contributed by atoms with Gasteiger partial charge >= 0.3 is 0 Å². The number of carbonyl (C=O) groups excluding carboxylic acids is 1. The average Bonchev–Trinajstić information content (AvgIpc) is 2.91. The van der Waals surface area contributed by atoms with Gasteiger partial charge in [-0.15, -0.1) is 0 Å². The molecule has 0 radical (unpaired) electrons. The minimum absolute atomic E-state index is 0.0487. The van der Waals surface area contributed by atoms with Crippen molar-refractivity contribution in [3.63, 3.8) is 0 Å². The van der Waals surface area contributed by atoms with Gasteiger partial charge in [0.05, 0.1) is 6.33 Å². The topological polar surface area (TPSA) is 46.9 Å². The number of imidazole rings is 1. The molecule has 0 saturated carbocycles. The molecule has 1 aromatic heterocycles. The third-order valence-electron chi connectivity index (χ3n) is 3.35. The van der Waals surface area contributed by atoms with Gasteiger partial charge in [0.1, 0.15) is 0 Å². The lowest BCUT2D eigenvalue weighted by molar-refractivity contribution is -0.117. The monoisotopic (exact) mass is 283 g/mol. The molecule has 2 rings (SSSR count). The molecule has 0 aliphatic carbocycles. The summed E-state index contributed by atoms with van der Waals surface area (Å²) in [6, 6.07) is 8.11. The third kappa shape index (κ3) is 4.31. The molecule has 0 spiro atoms. The van der Waals surface area contributed by atoms with Gasteiger partial charge in [0.2, 0.25) is 5.91 Å². The zero-order valence-electron chi connectivity index (χ0n) is 12.7. The Morgan fingerprint density at radius 3 is 2.86 bits per heavy atom. The second-order valence-electron chi connectivity index (χ2n) is 5.31. The van der Waals surface area contributed by atoms with Crippen molar-refractivity contribution in [1.82, 2.24) is 14.9 Å². The maximum absolute atomic E-state index is 12.1. The Balaban J connectivity index is 1.97. The molecule has 4 heteroatoms. The lowest BCUT2D eigenvalue weighted by atomic mass is 10.0. The zero-order chi connectivity index (χ0) is 15.2. The van der Waals surface area contributed by atoms with E-state index in [4.69, 9.17) is 0 Å². The molecule has 2 aromatic rings. The number of allylic oxidation sites excluding steroid dienone is 1. The molecule has 1 heterocycles. The normalized spacial score (nSPS) is 13.0. The van der Waals surface area contributed by atoms with Crippen LogP contribution in [0.25, 0.3) is 5.57 Å². The van der Waals surface area contributed by atoms with Gasteiger partial charge in [0, 0.05) is 31.1 Å². The first-order valence-corrected chi connectivity index (χ1v) is 7.07. The van der Waals surface area contributed by atoms with Crippen LogP contribution in [0.3, 0.4) is 0 Å². The lowest BCUT2D eigenvalue weighted by Crippen LogP contribution is -2.34. The first-order valence-electron chi connectivity index (χ1n) is 7.07. The number of carbonyl (C=O) groups is 1. The van der Waals surface area contributed by atoms with Gasteiger partial charge in [0.15, 0.2) is 0 Å². The number of nitrogens with one attached hydrogen (secondary N) is 1. The maximum atomic E-state index is 12.1. The highest BCUT2D eigenvalue weighted by molar-refractivity contribution is 5.95. The smallest absolute Gasteiger partial charge is 0.244 e. The van der Waals surface area contributed by atoms with Crippen LogP contribution in [-0.4, -0.2) is 21.5 Å². The Morgan fingerprint density at radius 1 is 1.43 bits per heavy atom. The summed E-state index contributed by atoms with van der Waals surface area (Å²) in [6.45, 7) is 6.70. The largest absolute Gasteiger partial charge is 0.348 e. The van der Waals surface area contributed by atoms with Crippen LogP contribution in [0.1, 0.15) is 25.0 Å². The van der Waals surface area contributed by atoms with Crippen molar-refractivity contribution in [3.05, 3.63) is 60.2 Å². The predicted octanol–water partition coefficient (Wildman–Crippen LogP) is 2.80. The summed E-state index contributed by atoms with van der Waals surface area (Å²) in [5.41, 5.74) is 3.25. The summed E-state index contributed by atoms with van der Waals surface area (Å²) in [6.07, 6.45) is 7.03. The van der Waals surface area contributed by atoms with Crippen molar-refractivity contribution in [2.24, 2.45) is 0 Å². The second-order valence-corrected chi connectivity index (χ2v) is 5.31. The lowest BCUT2D eigenvalue weighted by Gasteiger charge is -2.13. The summed E-state index contributed by atoms with van der Waals surface area (Å²) in [7, 11) is 0. The summed E-state index contributed by atoms with van der Waals surface area (Å²) in [4.78, 5) is 16.1. The van der Waals surface area contributed by atoms with Crippen LogP contribution in [-0.2, 0) is 11.3 Å². The molecule has 1 N–H and O–H groups in total. The standard InChI is InChI=1S/C17H21N3O/c1-13-6-4-5-7-16(13)14(2)10-17(21)19-15(3)11-20-9-8-18-12-20/h4-10,12,15H,11H2,1-3H3,(H,19,21)/b14-10+/t15-/m0/s1. The van der Waals surface area contributed by atoms with Crippen molar-refractivity contribution < 1.29 is 4.79 Å². The van der Waals surface area contributed by atoms with Gasteiger partial charge in [-0.25, -0.2) is 4.98 Å². The number of hydrogen-bond acceptors (Lipinski definition) is 2. The van der Waals surface area contributed by atoms with Crippen molar-refractivity contribution in [2.45, 2.75) is 33.4 Å². The van der Waals surface area contributed by atoms with Crippen molar-refractivity contribution >= 4 is 11.5 Å². The van der Waals surface area contributed by atoms with Crippen LogP contribution in [0.4, 0.5) is 0 Å². The van der Waals surface area contributed by atoms with Gasteiger partial charge in [-0.05, 0) is 37.5 Å². The van der Waals surface area contributed by atoms with Crippen LogP contribution < -0.4 is 5.32 Å². The Morgan fingerprint density at radius 2 is 2.19 bits per heavy atom. The van der Waals surface area contributed by atoms with Gasteiger partial charge in [-0.1, -0.05) is 24.3 Å². The Labute approximate surface area is 125 Å². The number of aromatic nitrogens is 2. The van der Waals surface area contributed by atoms with Crippen molar-refractivity contribution in [1.29, 1.82) is 0 Å². The predicted molar refractivity (Wildman–Crippen MR) is 84.7 cm³/mol. The molecule has 0 aliphatic rings. The first kappa shape index (κ1) is 15.0. The SMILES string of the molecule is C/C(=C\C(=O)N[C@@H](C)Cn1ccnc1)c1ccccc1C. The van der Waals surface area contributed by atoms with E-state index in [9.17, 15) is 4.79 Å². The fourth-order valence-corrected chi connectivity index (χ4v) is 2.33. The molecular formula is C17H21N3O. The van der Waals surface area contributed by atoms with Crippen LogP contribution in [0.15, 0.2) is 49.1 Å². The van der Waals surface area contributed by atoms with E-state index in [1.54, 1.807) is 18.6 Å². The van der Waals surface area contributed by atoms with Gasteiger partial charge < -0.3 is 9.88 Å². The molecule has 110 valence electrons. The van der Waals surface area contributed by atoms with E-state index in [1.807, 2.05) is 55.8 Å². The molecule has 1 atom stereocenters.